The molecule has 28 heavy (non-hydrogen) atoms. The first-order valence-electron chi connectivity index (χ1n) is 10.3. The van der Waals surface area contributed by atoms with Crippen molar-refractivity contribution in [1.82, 2.24) is 0 Å². The molecule has 0 aliphatic carbocycles. The second kappa shape index (κ2) is 13.3. The molecule has 1 rings (SSSR count). The van der Waals surface area contributed by atoms with Crippen molar-refractivity contribution in [2.45, 2.75) is 85.0 Å². The minimum absolute atomic E-state index is 0.165. The molecule has 1 aromatic heterocycles. The summed E-state index contributed by atoms with van der Waals surface area (Å²) < 4.78 is 5.00. The van der Waals surface area contributed by atoms with Crippen LogP contribution in [0.25, 0.3) is 0 Å². The van der Waals surface area contributed by atoms with Crippen LogP contribution in [-0.2, 0) is 9.53 Å². The predicted molar refractivity (Wildman–Crippen MR) is 114 cm³/mol. The van der Waals surface area contributed by atoms with E-state index in [0.717, 1.165) is 30.6 Å². The van der Waals surface area contributed by atoms with Gasteiger partial charge >= 0.3 is 5.97 Å². The van der Waals surface area contributed by atoms with Gasteiger partial charge in [0.25, 0.3) is 5.91 Å². The fraction of sp³-hybridized carbons (Fsp3) is 0.667. The zero-order chi connectivity index (χ0) is 20.9. The van der Waals surface area contributed by atoms with Gasteiger partial charge in [-0.3, -0.25) is 9.59 Å². The van der Waals surface area contributed by atoms with Gasteiger partial charge in [0.2, 0.25) is 5.91 Å². The summed E-state index contributed by atoms with van der Waals surface area (Å²) in [5.41, 5.74) is 6.08. The molecule has 0 radical (unpaired) electrons. The molecule has 1 heterocycles. The lowest BCUT2D eigenvalue weighted by Crippen LogP contribution is -2.17. The Morgan fingerprint density at radius 1 is 0.964 bits per heavy atom. The summed E-state index contributed by atoms with van der Waals surface area (Å²) >= 11 is 1.04. The standard InChI is InChI=1S/C21H34N2O4S/c1-4-6-7-8-9-10-11-12-13-14-16(24)23-20-17(19(22)25)15(3)18(28-20)21(26)27-5-2/h4-14H2,1-3H3,(H2,22,25)(H,23,24). The van der Waals surface area contributed by atoms with Gasteiger partial charge in [-0.15, -0.1) is 11.3 Å². The minimum atomic E-state index is -0.664. The molecule has 0 aliphatic heterocycles. The van der Waals surface area contributed by atoms with E-state index in [1.807, 2.05) is 0 Å². The number of anilines is 1. The molecule has 0 aromatic carbocycles. The largest absolute Gasteiger partial charge is 0.462 e. The summed E-state index contributed by atoms with van der Waals surface area (Å²) in [6.45, 7) is 5.80. The van der Waals surface area contributed by atoms with Crippen LogP contribution in [0.4, 0.5) is 5.00 Å². The molecular formula is C21H34N2O4S. The third kappa shape index (κ3) is 8.00. The molecule has 0 aliphatic rings. The number of amides is 2. The van der Waals surface area contributed by atoms with E-state index in [2.05, 4.69) is 12.2 Å². The van der Waals surface area contributed by atoms with Crippen LogP contribution in [0.3, 0.4) is 0 Å². The molecule has 0 atom stereocenters. The molecule has 1 aromatic rings. The van der Waals surface area contributed by atoms with Crippen molar-refractivity contribution in [3.63, 3.8) is 0 Å². The number of ether oxygens (including phenoxy) is 1. The lowest BCUT2D eigenvalue weighted by molar-refractivity contribution is -0.116. The van der Waals surface area contributed by atoms with Crippen molar-refractivity contribution < 1.29 is 19.1 Å². The summed E-state index contributed by atoms with van der Waals surface area (Å²) in [6, 6.07) is 0. The minimum Gasteiger partial charge on any atom is -0.462 e. The number of hydrogen-bond acceptors (Lipinski definition) is 5. The molecule has 158 valence electrons. The Kier molecular flexibility index (Phi) is 11.5. The summed E-state index contributed by atoms with van der Waals surface area (Å²) in [4.78, 5) is 36.3. The molecule has 3 N–H and O–H groups in total. The number of nitrogens with one attached hydrogen (secondary N) is 1. The van der Waals surface area contributed by atoms with Crippen molar-refractivity contribution in [3.8, 4) is 0 Å². The highest BCUT2D eigenvalue weighted by Gasteiger charge is 2.24. The van der Waals surface area contributed by atoms with Crippen LogP contribution in [0.1, 0.15) is 104 Å². The molecule has 6 nitrogen and oxygen atoms in total. The normalized spacial score (nSPS) is 10.7. The van der Waals surface area contributed by atoms with E-state index >= 15 is 0 Å². The lowest BCUT2D eigenvalue weighted by Gasteiger charge is -2.05. The second-order valence-corrected chi connectivity index (χ2v) is 7.99. The van der Waals surface area contributed by atoms with Gasteiger partial charge in [-0.2, -0.15) is 0 Å². The molecular weight excluding hydrogens is 376 g/mol. The van der Waals surface area contributed by atoms with E-state index in [9.17, 15) is 14.4 Å². The first kappa shape index (κ1) is 24.1. The molecule has 0 saturated carbocycles. The number of primary amides is 1. The van der Waals surface area contributed by atoms with Crippen LogP contribution in [0, 0.1) is 6.92 Å². The average molecular weight is 411 g/mol. The van der Waals surface area contributed by atoms with Gasteiger partial charge in [0.05, 0.1) is 12.2 Å². The number of esters is 1. The monoisotopic (exact) mass is 410 g/mol. The number of carbonyl (C=O) groups is 3. The van der Waals surface area contributed by atoms with Gasteiger partial charge in [-0.05, 0) is 25.8 Å². The second-order valence-electron chi connectivity index (χ2n) is 6.97. The molecule has 7 heteroatoms. The first-order chi connectivity index (χ1) is 13.4. The summed E-state index contributed by atoms with van der Waals surface area (Å²) in [5.74, 6) is -1.34. The van der Waals surface area contributed by atoms with Crippen LogP contribution in [-0.4, -0.2) is 24.4 Å². The van der Waals surface area contributed by atoms with Gasteiger partial charge < -0.3 is 15.8 Å². The van der Waals surface area contributed by atoms with Crippen molar-refractivity contribution in [3.05, 3.63) is 16.0 Å². The summed E-state index contributed by atoms with van der Waals surface area (Å²) in [7, 11) is 0. The lowest BCUT2D eigenvalue weighted by atomic mass is 10.1. The highest BCUT2D eigenvalue weighted by molar-refractivity contribution is 7.18. The van der Waals surface area contributed by atoms with Crippen LogP contribution < -0.4 is 11.1 Å². The van der Waals surface area contributed by atoms with Gasteiger partial charge in [0.1, 0.15) is 9.88 Å². The fourth-order valence-electron chi connectivity index (χ4n) is 3.07. The van der Waals surface area contributed by atoms with E-state index < -0.39 is 11.9 Å². The van der Waals surface area contributed by atoms with E-state index in [0.29, 0.717) is 21.9 Å². The summed E-state index contributed by atoms with van der Waals surface area (Å²) in [5, 5.41) is 3.07. The Morgan fingerprint density at radius 3 is 2.07 bits per heavy atom. The Bertz CT molecular complexity index is 655. The van der Waals surface area contributed by atoms with Crippen LogP contribution >= 0.6 is 11.3 Å². The van der Waals surface area contributed by atoms with E-state index in [1.54, 1.807) is 13.8 Å². The third-order valence-electron chi connectivity index (χ3n) is 4.61. The van der Waals surface area contributed by atoms with Gasteiger partial charge in [0, 0.05) is 6.42 Å². The maximum Gasteiger partial charge on any atom is 0.348 e. The van der Waals surface area contributed by atoms with Gasteiger partial charge in [-0.1, -0.05) is 58.3 Å². The number of rotatable bonds is 14. The van der Waals surface area contributed by atoms with Crippen LogP contribution in [0.5, 0.6) is 0 Å². The number of unbranched alkanes of at least 4 members (excludes halogenated alkanes) is 8. The van der Waals surface area contributed by atoms with Crippen molar-refractivity contribution >= 4 is 34.1 Å². The Balaban J connectivity index is 2.47. The Labute approximate surface area is 172 Å². The summed E-state index contributed by atoms with van der Waals surface area (Å²) in [6.07, 6.45) is 11.0. The molecule has 0 unspecified atom stereocenters. The van der Waals surface area contributed by atoms with Crippen LogP contribution in [0.2, 0.25) is 0 Å². The molecule has 0 fully saturated rings. The molecule has 2 amide bonds. The number of carbonyl (C=O) groups excluding carboxylic acids is 3. The highest BCUT2D eigenvalue weighted by atomic mass is 32.1. The van der Waals surface area contributed by atoms with Gasteiger partial charge in [0.15, 0.2) is 0 Å². The smallest absolute Gasteiger partial charge is 0.348 e. The number of hydrogen-bond donors (Lipinski definition) is 2. The Morgan fingerprint density at radius 2 is 1.54 bits per heavy atom. The molecule has 0 spiro atoms. The quantitative estimate of drug-likeness (QED) is 0.325. The number of thiophene rings is 1. The third-order valence-corrected chi connectivity index (χ3v) is 5.80. The van der Waals surface area contributed by atoms with Crippen molar-refractivity contribution in [2.24, 2.45) is 5.73 Å². The topological polar surface area (TPSA) is 98.5 Å². The van der Waals surface area contributed by atoms with Crippen LogP contribution in [0.15, 0.2) is 0 Å². The highest BCUT2D eigenvalue weighted by Crippen LogP contribution is 2.33. The zero-order valence-electron chi connectivity index (χ0n) is 17.4. The van der Waals surface area contributed by atoms with Gasteiger partial charge in [-0.25, -0.2) is 4.79 Å². The zero-order valence-corrected chi connectivity index (χ0v) is 18.2. The molecule has 0 saturated heterocycles. The van der Waals surface area contributed by atoms with Crippen molar-refractivity contribution in [1.29, 1.82) is 0 Å². The van der Waals surface area contributed by atoms with E-state index in [1.165, 1.54) is 38.5 Å². The SMILES string of the molecule is CCCCCCCCCCCC(=O)Nc1sc(C(=O)OCC)c(C)c1C(N)=O. The molecule has 0 bridgehead atoms. The Hall–Kier alpha value is -1.89. The maximum atomic E-state index is 12.2. The fourth-order valence-corrected chi connectivity index (χ4v) is 4.20. The maximum absolute atomic E-state index is 12.2. The predicted octanol–water partition coefficient (Wildman–Crippen LogP) is 5.19. The number of nitrogens with two attached hydrogens (primary N) is 1. The average Bonchev–Trinajstić information content (AvgIpc) is 2.96. The van der Waals surface area contributed by atoms with Crippen molar-refractivity contribution in [2.75, 3.05) is 11.9 Å². The van der Waals surface area contributed by atoms with E-state index in [-0.39, 0.29) is 18.1 Å². The van der Waals surface area contributed by atoms with E-state index in [4.69, 9.17) is 10.5 Å². The first-order valence-corrected chi connectivity index (χ1v) is 11.1.